The molecule has 2 aliphatic carbocycles. The summed E-state index contributed by atoms with van der Waals surface area (Å²) >= 11 is 0. The molecule has 0 amide bonds. The van der Waals surface area contributed by atoms with E-state index in [1.165, 1.54) is 17.7 Å². The molecule has 0 nitrogen and oxygen atoms in total. The monoisotopic (exact) mass is 240 g/mol. The van der Waals surface area contributed by atoms with Gasteiger partial charge in [0, 0.05) is 0 Å². The van der Waals surface area contributed by atoms with E-state index in [4.69, 9.17) is 0 Å². The molecule has 2 aromatic rings. The molecule has 0 aliphatic heterocycles. The molecule has 0 bridgehead atoms. The van der Waals surface area contributed by atoms with Crippen molar-refractivity contribution in [2.24, 2.45) is 0 Å². The summed E-state index contributed by atoms with van der Waals surface area (Å²) in [5.41, 5.74) is 6.52. The van der Waals surface area contributed by atoms with E-state index in [0.29, 0.717) is 0 Å². The van der Waals surface area contributed by atoms with Gasteiger partial charge in [0.2, 0.25) is 0 Å². The molecule has 0 heterocycles. The van der Waals surface area contributed by atoms with Gasteiger partial charge in [0.05, 0.1) is 0 Å². The largest absolute Gasteiger partial charge is 0.207 e. The topological polar surface area (TPSA) is 0 Å². The van der Waals surface area contributed by atoms with Crippen molar-refractivity contribution in [2.75, 3.05) is 0 Å². The van der Waals surface area contributed by atoms with Crippen LogP contribution in [0.15, 0.2) is 42.0 Å². The highest BCUT2D eigenvalue weighted by Crippen LogP contribution is 2.45. The van der Waals surface area contributed by atoms with Gasteiger partial charge in [-0.2, -0.15) is 0 Å². The predicted molar refractivity (Wildman–Crippen MR) is 66.2 cm³/mol. The second-order valence-corrected chi connectivity index (χ2v) is 4.94. The Morgan fingerprint density at radius 2 is 1.22 bits per heavy atom. The van der Waals surface area contributed by atoms with Crippen LogP contribution in [0, 0.1) is 11.6 Å². The van der Waals surface area contributed by atoms with Gasteiger partial charge in [-0.25, -0.2) is 8.78 Å². The summed E-state index contributed by atoms with van der Waals surface area (Å²) in [6.07, 6.45) is 1.72. The first-order chi connectivity index (χ1) is 8.72. The second kappa shape index (κ2) is 3.29. The van der Waals surface area contributed by atoms with Crippen molar-refractivity contribution in [3.8, 4) is 0 Å². The van der Waals surface area contributed by atoms with E-state index in [-0.39, 0.29) is 11.6 Å². The molecule has 0 spiro atoms. The van der Waals surface area contributed by atoms with E-state index >= 15 is 0 Å². The molecule has 2 aromatic carbocycles. The summed E-state index contributed by atoms with van der Waals surface area (Å²) in [6, 6.07) is 9.79. The molecule has 0 atom stereocenters. The van der Waals surface area contributed by atoms with Crippen LogP contribution in [0.3, 0.4) is 0 Å². The first kappa shape index (κ1) is 10.0. The molecule has 2 aliphatic rings. The number of allylic oxidation sites excluding steroid dienone is 1. The Kier molecular flexibility index (Phi) is 1.83. The summed E-state index contributed by atoms with van der Waals surface area (Å²) < 4.78 is 26.8. The molecule has 0 aromatic heterocycles. The molecule has 0 radical (unpaired) electrons. The maximum Gasteiger partial charge on any atom is 0.123 e. The fraction of sp³-hybridized carbons (Fsp3) is 0.125. The molecule has 0 saturated carbocycles. The van der Waals surface area contributed by atoms with Crippen molar-refractivity contribution in [3.05, 3.63) is 75.9 Å². The van der Waals surface area contributed by atoms with Crippen molar-refractivity contribution in [1.82, 2.24) is 0 Å². The van der Waals surface area contributed by atoms with Gasteiger partial charge in [-0.05, 0) is 64.9 Å². The molecular weight excluding hydrogens is 230 g/mol. The van der Waals surface area contributed by atoms with Crippen LogP contribution in [-0.2, 0) is 12.8 Å². The average Bonchev–Trinajstić information content (AvgIpc) is 2.85. The normalized spacial score (nSPS) is 15.7. The van der Waals surface area contributed by atoms with Gasteiger partial charge in [-0.3, -0.25) is 0 Å². The SMILES string of the molecule is Fc1ccc2c(c1)C1=C(C2)Cc2ccc(F)cc21. The van der Waals surface area contributed by atoms with Gasteiger partial charge < -0.3 is 0 Å². The number of benzene rings is 2. The molecule has 0 fully saturated rings. The van der Waals surface area contributed by atoms with Gasteiger partial charge in [0.15, 0.2) is 0 Å². The zero-order valence-electron chi connectivity index (χ0n) is 9.63. The first-order valence-corrected chi connectivity index (χ1v) is 6.02. The molecule has 4 rings (SSSR count). The number of halogens is 2. The number of fused-ring (bicyclic) bond motifs is 4. The zero-order chi connectivity index (χ0) is 12.3. The van der Waals surface area contributed by atoms with Crippen molar-refractivity contribution in [1.29, 1.82) is 0 Å². The van der Waals surface area contributed by atoms with Crippen LogP contribution in [0.1, 0.15) is 22.3 Å². The fourth-order valence-corrected chi connectivity index (χ4v) is 3.10. The molecule has 0 saturated heterocycles. The summed E-state index contributed by atoms with van der Waals surface area (Å²) in [7, 11) is 0. The Morgan fingerprint density at radius 1 is 0.722 bits per heavy atom. The minimum Gasteiger partial charge on any atom is -0.207 e. The minimum absolute atomic E-state index is 0.229. The lowest BCUT2D eigenvalue weighted by Gasteiger charge is -2.08. The lowest BCUT2D eigenvalue weighted by molar-refractivity contribution is 0.626. The van der Waals surface area contributed by atoms with Crippen molar-refractivity contribution in [3.63, 3.8) is 0 Å². The van der Waals surface area contributed by atoms with Gasteiger partial charge in [0.25, 0.3) is 0 Å². The molecule has 88 valence electrons. The van der Waals surface area contributed by atoms with Crippen LogP contribution in [0.25, 0.3) is 5.57 Å². The van der Waals surface area contributed by atoms with Crippen LogP contribution in [0.5, 0.6) is 0 Å². The first-order valence-electron chi connectivity index (χ1n) is 6.02. The Bertz CT molecular complexity index is 652. The van der Waals surface area contributed by atoms with E-state index in [1.807, 2.05) is 12.1 Å². The Morgan fingerprint density at radius 3 is 1.72 bits per heavy atom. The van der Waals surface area contributed by atoms with Crippen LogP contribution in [0.4, 0.5) is 8.78 Å². The van der Waals surface area contributed by atoms with E-state index in [2.05, 4.69) is 0 Å². The molecule has 18 heavy (non-hydrogen) atoms. The summed E-state index contributed by atoms with van der Waals surface area (Å²) in [6.45, 7) is 0. The average molecular weight is 240 g/mol. The lowest BCUT2D eigenvalue weighted by Crippen LogP contribution is -1.93. The summed E-state index contributed by atoms with van der Waals surface area (Å²) in [5.74, 6) is -0.459. The van der Waals surface area contributed by atoms with Gasteiger partial charge in [0.1, 0.15) is 11.6 Å². The van der Waals surface area contributed by atoms with Crippen molar-refractivity contribution in [2.45, 2.75) is 12.8 Å². The quantitative estimate of drug-likeness (QED) is 0.655. The van der Waals surface area contributed by atoms with Gasteiger partial charge in [-0.1, -0.05) is 17.7 Å². The van der Waals surface area contributed by atoms with E-state index in [1.54, 1.807) is 12.1 Å². The third kappa shape index (κ3) is 1.23. The predicted octanol–water partition coefficient (Wildman–Crippen LogP) is 3.88. The zero-order valence-corrected chi connectivity index (χ0v) is 9.63. The molecule has 0 N–H and O–H groups in total. The van der Waals surface area contributed by atoms with Crippen LogP contribution < -0.4 is 0 Å². The standard InChI is InChI=1S/C16H10F2/c17-12-3-1-9-5-11-6-10-2-4-13(18)8-15(10)16(11)14(9)7-12/h1-4,7-8H,5-6H2. The second-order valence-electron chi connectivity index (χ2n) is 4.94. The van der Waals surface area contributed by atoms with Crippen molar-refractivity contribution < 1.29 is 8.78 Å². The van der Waals surface area contributed by atoms with Crippen LogP contribution in [0.2, 0.25) is 0 Å². The highest BCUT2D eigenvalue weighted by atomic mass is 19.1. The number of rotatable bonds is 0. The van der Waals surface area contributed by atoms with E-state index in [0.717, 1.165) is 40.7 Å². The maximum atomic E-state index is 13.4. The summed E-state index contributed by atoms with van der Waals surface area (Å²) in [4.78, 5) is 0. The fourth-order valence-electron chi connectivity index (χ4n) is 3.10. The third-order valence-electron chi connectivity index (χ3n) is 3.84. The number of hydrogen-bond donors (Lipinski definition) is 0. The smallest absolute Gasteiger partial charge is 0.123 e. The summed E-state index contributed by atoms with van der Waals surface area (Å²) in [5, 5.41) is 0. The highest BCUT2D eigenvalue weighted by molar-refractivity contribution is 5.91. The van der Waals surface area contributed by atoms with Gasteiger partial charge >= 0.3 is 0 Å². The molecule has 2 heteroatoms. The Labute approximate surface area is 104 Å². The van der Waals surface area contributed by atoms with Crippen molar-refractivity contribution >= 4 is 5.57 Å². The molecule has 0 unspecified atom stereocenters. The third-order valence-corrected chi connectivity index (χ3v) is 3.84. The van der Waals surface area contributed by atoms with Crippen LogP contribution in [-0.4, -0.2) is 0 Å². The van der Waals surface area contributed by atoms with E-state index in [9.17, 15) is 8.78 Å². The lowest BCUT2D eigenvalue weighted by atomic mass is 9.97. The Hall–Kier alpha value is -1.96. The Balaban J connectivity index is 1.97. The number of hydrogen-bond acceptors (Lipinski definition) is 0. The molecular formula is C16H10F2. The van der Waals surface area contributed by atoms with Crippen LogP contribution >= 0.6 is 0 Å². The van der Waals surface area contributed by atoms with E-state index < -0.39 is 0 Å². The van der Waals surface area contributed by atoms with Gasteiger partial charge in [-0.15, -0.1) is 0 Å². The highest BCUT2D eigenvalue weighted by Gasteiger charge is 2.29. The minimum atomic E-state index is -0.229. The maximum absolute atomic E-state index is 13.4.